The maximum Gasteiger partial charge on any atom is 0.279 e. The minimum atomic E-state index is -3.20. The molecule has 2 fully saturated rings. The van der Waals surface area contributed by atoms with Crippen LogP contribution in [-0.2, 0) is 10.2 Å². The molecule has 2 N–H and O–H groups in total. The number of nitrogens with zero attached hydrogens (tertiary/aromatic N) is 1. The molecule has 0 spiro atoms. The summed E-state index contributed by atoms with van der Waals surface area (Å²) in [5.74, 6) is 0. The lowest BCUT2D eigenvalue weighted by Gasteiger charge is -2.19. The Hall–Kier alpha value is -0.170. The lowest BCUT2D eigenvalue weighted by Crippen LogP contribution is -2.43. The Kier molecular flexibility index (Phi) is 3.06. The van der Waals surface area contributed by atoms with Gasteiger partial charge in [-0.05, 0) is 25.8 Å². The first-order valence-corrected chi connectivity index (χ1v) is 6.60. The lowest BCUT2D eigenvalue weighted by atomic mass is 10.4. The molecular weight excluding hydrogens is 202 g/mol. The van der Waals surface area contributed by atoms with Crippen LogP contribution in [-0.4, -0.2) is 44.9 Å². The highest BCUT2D eigenvalue weighted by molar-refractivity contribution is 7.87. The fourth-order valence-corrected chi connectivity index (χ4v) is 3.05. The molecule has 0 amide bonds. The van der Waals surface area contributed by atoms with Crippen LogP contribution in [0.3, 0.4) is 0 Å². The van der Waals surface area contributed by atoms with Gasteiger partial charge < -0.3 is 5.32 Å². The summed E-state index contributed by atoms with van der Waals surface area (Å²) in [6.07, 6.45) is 2.88. The summed E-state index contributed by atoms with van der Waals surface area (Å²) in [5, 5.41) is 3.18. The average Bonchev–Trinajstić information content (AvgIpc) is 2.88. The predicted molar refractivity (Wildman–Crippen MR) is 54.1 cm³/mol. The van der Waals surface area contributed by atoms with Gasteiger partial charge in [0.2, 0.25) is 0 Å². The Morgan fingerprint density at radius 1 is 1.21 bits per heavy atom. The van der Waals surface area contributed by atoms with Crippen LogP contribution in [0.2, 0.25) is 0 Å². The van der Waals surface area contributed by atoms with Gasteiger partial charge in [-0.15, -0.1) is 0 Å². The van der Waals surface area contributed by atoms with E-state index < -0.39 is 10.2 Å². The van der Waals surface area contributed by atoms with Crippen molar-refractivity contribution in [3.63, 3.8) is 0 Å². The van der Waals surface area contributed by atoms with Crippen molar-refractivity contribution in [1.29, 1.82) is 0 Å². The molecule has 0 radical (unpaired) electrons. The highest BCUT2D eigenvalue weighted by atomic mass is 32.2. The number of hydrogen-bond acceptors (Lipinski definition) is 3. The molecule has 6 heteroatoms. The van der Waals surface area contributed by atoms with Crippen LogP contribution in [0.15, 0.2) is 0 Å². The van der Waals surface area contributed by atoms with Crippen molar-refractivity contribution in [2.24, 2.45) is 0 Å². The van der Waals surface area contributed by atoms with E-state index in [1.165, 1.54) is 0 Å². The molecule has 1 saturated carbocycles. The third-order valence-corrected chi connectivity index (χ3v) is 4.21. The third kappa shape index (κ3) is 2.66. The molecule has 1 aliphatic carbocycles. The molecular formula is C8H17N3O2S. The van der Waals surface area contributed by atoms with Crippen molar-refractivity contribution in [3.05, 3.63) is 0 Å². The smallest absolute Gasteiger partial charge is 0.279 e. The van der Waals surface area contributed by atoms with Crippen LogP contribution in [0.25, 0.3) is 0 Å². The van der Waals surface area contributed by atoms with E-state index in [2.05, 4.69) is 10.0 Å². The van der Waals surface area contributed by atoms with E-state index >= 15 is 0 Å². The maximum absolute atomic E-state index is 11.8. The van der Waals surface area contributed by atoms with Gasteiger partial charge in [0.25, 0.3) is 10.2 Å². The van der Waals surface area contributed by atoms with E-state index in [0.717, 1.165) is 32.4 Å². The van der Waals surface area contributed by atoms with Crippen LogP contribution in [0.4, 0.5) is 0 Å². The van der Waals surface area contributed by atoms with Crippen molar-refractivity contribution < 1.29 is 8.42 Å². The molecule has 0 aromatic rings. The number of nitrogens with one attached hydrogen (secondary N) is 2. The van der Waals surface area contributed by atoms with Crippen LogP contribution < -0.4 is 10.0 Å². The summed E-state index contributed by atoms with van der Waals surface area (Å²) in [6.45, 7) is 2.89. The van der Waals surface area contributed by atoms with Gasteiger partial charge in [0.1, 0.15) is 0 Å². The first-order valence-electron chi connectivity index (χ1n) is 5.16. The van der Waals surface area contributed by atoms with E-state index in [9.17, 15) is 8.42 Å². The van der Waals surface area contributed by atoms with E-state index in [1.807, 2.05) is 0 Å². The minimum Gasteiger partial charge on any atom is -0.315 e. The molecule has 0 unspecified atom stereocenters. The molecule has 1 heterocycles. The summed E-state index contributed by atoms with van der Waals surface area (Å²) in [7, 11) is -3.20. The Morgan fingerprint density at radius 3 is 2.71 bits per heavy atom. The molecule has 0 aromatic heterocycles. The van der Waals surface area contributed by atoms with Gasteiger partial charge >= 0.3 is 0 Å². The second-order valence-electron chi connectivity index (χ2n) is 3.90. The second kappa shape index (κ2) is 4.14. The topological polar surface area (TPSA) is 61.4 Å². The summed E-state index contributed by atoms with van der Waals surface area (Å²) in [6, 6.07) is 0.205. The number of rotatable bonds is 3. The highest BCUT2D eigenvalue weighted by Gasteiger charge is 2.30. The average molecular weight is 219 g/mol. The van der Waals surface area contributed by atoms with Gasteiger partial charge in [0.05, 0.1) is 0 Å². The Bertz CT molecular complexity index is 279. The quantitative estimate of drug-likeness (QED) is 0.658. The van der Waals surface area contributed by atoms with Gasteiger partial charge in [-0.2, -0.15) is 17.4 Å². The molecule has 0 aromatic carbocycles. The number of hydrogen-bond donors (Lipinski definition) is 2. The van der Waals surface area contributed by atoms with Crippen molar-refractivity contribution in [2.75, 3.05) is 26.2 Å². The van der Waals surface area contributed by atoms with Crippen LogP contribution in [0.1, 0.15) is 19.3 Å². The van der Waals surface area contributed by atoms with Gasteiger partial charge in [-0.1, -0.05) is 0 Å². The first-order chi connectivity index (χ1) is 6.68. The van der Waals surface area contributed by atoms with Gasteiger partial charge in [-0.25, -0.2) is 0 Å². The Balaban J connectivity index is 1.95. The predicted octanol–water partition coefficient (Wildman–Crippen LogP) is -0.721. The molecule has 0 bridgehead atoms. The Morgan fingerprint density at radius 2 is 2.00 bits per heavy atom. The summed E-state index contributed by atoms with van der Waals surface area (Å²) < 4.78 is 27.8. The van der Waals surface area contributed by atoms with Gasteiger partial charge in [-0.3, -0.25) is 0 Å². The molecule has 2 rings (SSSR count). The lowest BCUT2D eigenvalue weighted by molar-refractivity contribution is 0.422. The molecule has 1 aliphatic heterocycles. The van der Waals surface area contributed by atoms with E-state index in [4.69, 9.17) is 0 Å². The standard InChI is InChI=1S/C8H17N3O2S/c12-14(13,10-8-2-3-8)11-6-1-4-9-5-7-11/h8-10H,1-7H2. The summed E-state index contributed by atoms with van der Waals surface area (Å²) in [4.78, 5) is 0. The zero-order valence-electron chi connectivity index (χ0n) is 8.20. The van der Waals surface area contributed by atoms with E-state index in [-0.39, 0.29) is 6.04 Å². The zero-order valence-corrected chi connectivity index (χ0v) is 9.02. The molecule has 82 valence electrons. The SMILES string of the molecule is O=S(=O)(NC1CC1)N1CCCNCC1. The van der Waals surface area contributed by atoms with Crippen LogP contribution in [0.5, 0.6) is 0 Å². The van der Waals surface area contributed by atoms with Gasteiger partial charge in [0.15, 0.2) is 0 Å². The summed E-state index contributed by atoms with van der Waals surface area (Å²) in [5.41, 5.74) is 0. The first kappa shape index (κ1) is 10.4. The molecule has 14 heavy (non-hydrogen) atoms. The van der Waals surface area contributed by atoms with E-state index in [1.54, 1.807) is 4.31 Å². The molecule has 5 nitrogen and oxygen atoms in total. The molecule has 1 saturated heterocycles. The van der Waals surface area contributed by atoms with Crippen molar-refractivity contribution in [3.8, 4) is 0 Å². The zero-order chi connectivity index (χ0) is 10.0. The maximum atomic E-state index is 11.8. The fourth-order valence-electron chi connectivity index (χ4n) is 1.55. The highest BCUT2D eigenvalue weighted by Crippen LogP contribution is 2.20. The minimum absolute atomic E-state index is 0.205. The largest absolute Gasteiger partial charge is 0.315 e. The molecule has 2 aliphatic rings. The summed E-state index contributed by atoms with van der Waals surface area (Å²) >= 11 is 0. The fraction of sp³-hybridized carbons (Fsp3) is 1.00. The van der Waals surface area contributed by atoms with Gasteiger partial charge in [0, 0.05) is 25.7 Å². The second-order valence-corrected chi connectivity index (χ2v) is 5.60. The molecule has 0 atom stereocenters. The van der Waals surface area contributed by atoms with Crippen molar-refractivity contribution in [2.45, 2.75) is 25.3 Å². The monoisotopic (exact) mass is 219 g/mol. The van der Waals surface area contributed by atoms with Crippen molar-refractivity contribution >= 4 is 10.2 Å². The van der Waals surface area contributed by atoms with Crippen LogP contribution >= 0.6 is 0 Å². The van der Waals surface area contributed by atoms with Crippen molar-refractivity contribution in [1.82, 2.24) is 14.3 Å². The third-order valence-electron chi connectivity index (χ3n) is 2.53. The van der Waals surface area contributed by atoms with E-state index in [0.29, 0.717) is 13.1 Å². The normalized spacial score (nSPS) is 26.0. The Labute approximate surface area is 85.0 Å². The van der Waals surface area contributed by atoms with Crippen LogP contribution in [0, 0.1) is 0 Å².